The zero-order valence-electron chi connectivity index (χ0n) is 11.4. The van der Waals surface area contributed by atoms with Crippen molar-refractivity contribution in [1.29, 1.82) is 0 Å². The van der Waals surface area contributed by atoms with Crippen LogP contribution in [0.5, 0.6) is 0 Å². The van der Waals surface area contributed by atoms with Gasteiger partial charge in [0.15, 0.2) is 0 Å². The van der Waals surface area contributed by atoms with Crippen LogP contribution < -0.4 is 10.2 Å². The lowest BCUT2D eigenvalue weighted by molar-refractivity contribution is -0.0421. The number of halogens is 1. The first-order chi connectivity index (χ1) is 9.13. The summed E-state index contributed by atoms with van der Waals surface area (Å²) < 4.78 is 6.77. The summed E-state index contributed by atoms with van der Waals surface area (Å²) in [6.45, 7) is 4.52. The van der Waals surface area contributed by atoms with Crippen molar-refractivity contribution in [3.63, 3.8) is 0 Å². The molecule has 19 heavy (non-hydrogen) atoms. The highest BCUT2D eigenvalue weighted by molar-refractivity contribution is 9.10. The predicted molar refractivity (Wildman–Crippen MR) is 80.5 cm³/mol. The first-order valence-corrected chi connectivity index (χ1v) is 7.37. The highest BCUT2D eigenvalue weighted by Crippen LogP contribution is 2.28. The zero-order valence-corrected chi connectivity index (χ0v) is 13.0. The van der Waals surface area contributed by atoms with Crippen molar-refractivity contribution in [3.8, 4) is 0 Å². The van der Waals surface area contributed by atoms with Gasteiger partial charge in [0.25, 0.3) is 0 Å². The highest BCUT2D eigenvalue weighted by Gasteiger charge is 2.26. The molecule has 1 heterocycles. The number of rotatable bonds is 4. The maximum atomic E-state index is 9.33. The SMILES string of the molecule is CNCc1ccc(Br)cc1N1CC(C)OC(CO)C1. The molecule has 0 radical (unpaired) electrons. The summed E-state index contributed by atoms with van der Waals surface area (Å²) in [7, 11) is 1.95. The number of anilines is 1. The Kier molecular flexibility index (Phi) is 5.21. The molecule has 5 heteroatoms. The van der Waals surface area contributed by atoms with E-state index >= 15 is 0 Å². The molecule has 1 saturated heterocycles. The fourth-order valence-corrected chi connectivity index (χ4v) is 2.86. The third-order valence-corrected chi connectivity index (χ3v) is 3.78. The van der Waals surface area contributed by atoms with Crippen LogP contribution >= 0.6 is 15.9 Å². The second-order valence-electron chi connectivity index (χ2n) is 4.96. The maximum absolute atomic E-state index is 9.33. The van der Waals surface area contributed by atoms with E-state index in [0.29, 0.717) is 0 Å². The van der Waals surface area contributed by atoms with Crippen LogP contribution in [0.1, 0.15) is 12.5 Å². The van der Waals surface area contributed by atoms with Gasteiger partial charge in [0.05, 0.1) is 18.8 Å². The molecule has 1 aliphatic heterocycles. The van der Waals surface area contributed by atoms with Gasteiger partial charge < -0.3 is 20.1 Å². The standard InChI is InChI=1S/C14H21BrN2O2/c1-10-7-17(8-13(9-18)19-10)14-5-12(15)4-3-11(14)6-16-2/h3-5,10,13,16,18H,6-9H2,1-2H3. The van der Waals surface area contributed by atoms with Crippen LogP contribution in [0.25, 0.3) is 0 Å². The Morgan fingerprint density at radius 1 is 1.47 bits per heavy atom. The van der Waals surface area contributed by atoms with Crippen molar-refractivity contribution in [3.05, 3.63) is 28.2 Å². The minimum atomic E-state index is -0.106. The molecule has 2 atom stereocenters. The summed E-state index contributed by atoms with van der Waals surface area (Å²) in [6.07, 6.45) is 0.0254. The van der Waals surface area contributed by atoms with Crippen LogP contribution in [-0.2, 0) is 11.3 Å². The monoisotopic (exact) mass is 328 g/mol. The van der Waals surface area contributed by atoms with E-state index in [-0.39, 0.29) is 18.8 Å². The lowest BCUT2D eigenvalue weighted by Gasteiger charge is -2.38. The van der Waals surface area contributed by atoms with Gasteiger partial charge in [-0.2, -0.15) is 0 Å². The second-order valence-corrected chi connectivity index (χ2v) is 5.88. The smallest absolute Gasteiger partial charge is 0.0984 e. The van der Waals surface area contributed by atoms with E-state index in [1.807, 2.05) is 14.0 Å². The van der Waals surface area contributed by atoms with Crippen molar-refractivity contribution >= 4 is 21.6 Å². The topological polar surface area (TPSA) is 44.7 Å². The minimum absolute atomic E-state index is 0.0657. The van der Waals surface area contributed by atoms with Crippen LogP contribution in [0.2, 0.25) is 0 Å². The van der Waals surface area contributed by atoms with E-state index in [1.54, 1.807) is 0 Å². The molecule has 2 N–H and O–H groups in total. The molecule has 0 amide bonds. The first kappa shape index (κ1) is 14.8. The molecule has 0 saturated carbocycles. The molecule has 4 nitrogen and oxygen atoms in total. The lowest BCUT2D eigenvalue weighted by atomic mass is 10.1. The third-order valence-electron chi connectivity index (χ3n) is 3.29. The average molecular weight is 329 g/mol. The van der Waals surface area contributed by atoms with Crippen molar-refractivity contribution in [2.24, 2.45) is 0 Å². The summed E-state index contributed by atoms with van der Waals surface area (Å²) in [5, 5.41) is 12.5. The summed E-state index contributed by atoms with van der Waals surface area (Å²) >= 11 is 3.53. The lowest BCUT2D eigenvalue weighted by Crippen LogP contribution is -2.48. The Hall–Kier alpha value is -0.620. The van der Waals surface area contributed by atoms with Crippen molar-refractivity contribution in [2.75, 3.05) is 31.6 Å². The average Bonchev–Trinajstić information content (AvgIpc) is 2.40. The van der Waals surface area contributed by atoms with Crippen LogP contribution in [0.4, 0.5) is 5.69 Å². The number of nitrogens with one attached hydrogen (secondary N) is 1. The molecule has 0 bridgehead atoms. The zero-order chi connectivity index (χ0) is 13.8. The second kappa shape index (κ2) is 6.70. The molecule has 2 unspecified atom stereocenters. The van der Waals surface area contributed by atoms with Gasteiger partial charge >= 0.3 is 0 Å². The molecule has 0 aliphatic carbocycles. The molecular formula is C14H21BrN2O2. The predicted octanol–water partition coefficient (Wildman–Crippen LogP) is 1.75. The van der Waals surface area contributed by atoms with E-state index in [0.717, 1.165) is 24.1 Å². The van der Waals surface area contributed by atoms with Gasteiger partial charge in [0, 0.05) is 29.8 Å². The van der Waals surface area contributed by atoms with E-state index in [4.69, 9.17) is 4.74 Å². The first-order valence-electron chi connectivity index (χ1n) is 6.58. The van der Waals surface area contributed by atoms with E-state index in [9.17, 15) is 5.11 Å². The Labute approximate surface area is 122 Å². The van der Waals surface area contributed by atoms with Crippen LogP contribution in [-0.4, -0.2) is 44.1 Å². The number of nitrogens with zero attached hydrogens (tertiary/aromatic N) is 1. The number of hydrogen-bond acceptors (Lipinski definition) is 4. The van der Waals surface area contributed by atoms with Gasteiger partial charge in [-0.3, -0.25) is 0 Å². The number of ether oxygens (including phenoxy) is 1. The number of benzene rings is 1. The Morgan fingerprint density at radius 3 is 2.95 bits per heavy atom. The quantitative estimate of drug-likeness (QED) is 0.884. The maximum Gasteiger partial charge on any atom is 0.0984 e. The van der Waals surface area contributed by atoms with Crippen LogP contribution in [0.15, 0.2) is 22.7 Å². The van der Waals surface area contributed by atoms with Gasteiger partial charge in [0.2, 0.25) is 0 Å². The Morgan fingerprint density at radius 2 is 2.26 bits per heavy atom. The summed E-state index contributed by atoms with van der Waals surface area (Å²) in [4.78, 5) is 2.30. The van der Waals surface area contributed by atoms with E-state index < -0.39 is 0 Å². The molecule has 1 aliphatic rings. The Bertz CT molecular complexity index is 428. The molecule has 0 spiro atoms. The molecule has 1 aromatic rings. The summed E-state index contributed by atoms with van der Waals surface area (Å²) in [5.41, 5.74) is 2.47. The molecule has 2 rings (SSSR count). The number of aliphatic hydroxyl groups is 1. The van der Waals surface area contributed by atoms with Crippen molar-refractivity contribution < 1.29 is 9.84 Å². The Balaban J connectivity index is 2.26. The van der Waals surface area contributed by atoms with Crippen LogP contribution in [0.3, 0.4) is 0 Å². The van der Waals surface area contributed by atoms with E-state index in [2.05, 4.69) is 44.3 Å². The molecule has 106 valence electrons. The van der Waals surface area contributed by atoms with Crippen LogP contribution in [0, 0.1) is 0 Å². The van der Waals surface area contributed by atoms with Gasteiger partial charge in [0.1, 0.15) is 0 Å². The largest absolute Gasteiger partial charge is 0.394 e. The van der Waals surface area contributed by atoms with Crippen molar-refractivity contribution in [1.82, 2.24) is 5.32 Å². The van der Waals surface area contributed by atoms with Gasteiger partial charge in [-0.25, -0.2) is 0 Å². The molecular weight excluding hydrogens is 308 g/mol. The molecule has 1 aromatic carbocycles. The summed E-state index contributed by atoms with van der Waals surface area (Å²) in [6, 6.07) is 6.33. The van der Waals surface area contributed by atoms with Gasteiger partial charge in [-0.05, 0) is 31.7 Å². The third kappa shape index (κ3) is 3.69. The number of hydrogen-bond donors (Lipinski definition) is 2. The summed E-state index contributed by atoms with van der Waals surface area (Å²) in [5.74, 6) is 0. The van der Waals surface area contributed by atoms with E-state index in [1.165, 1.54) is 11.3 Å². The normalized spacial score (nSPS) is 23.7. The fourth-order valence-electron chi connectivity index (χ4n) is 2.51. The van der Waals surface area contributed by atoms with Gasteiger partial charge in [-0.15, -0.1) is 0 Å². The molecule has 0 aromatic heterocycles. The molecule has 1 fully saturated rings. The highest BCUT2D eigenvalue weighted by atomic mass is 79.9. The minimum Gasteiger partial charge on any atom is -0.394 e. The van der Waals surface area contributed by atoms with Gasteiger partial charge in [-0.1, -0.05) is 22.0 Å². The van der Waals surface area contributed by atoms with Crippen molar-refractivity contribution in [2.45, 2.75) is 25.7 Å². The number of morpholine rings is 1. The fraction of sp³-hybridized carbons (Fsp3) is 0.571. The number of aliphatic hydroxyl groups excluding tert-OH is 1.